The highest BCUT2D eigenvalue weighted by molar-refractivity contribution is 7.27. The van der Waals surface area contributed by atoms with Crippen molar-refractivity contribution in [2.45, 2.75) is 0 Å². The van der Waals surface area contributed by atoms with Crippen molar-refractivity contribution >= 4 is 86.7 Å². The zero-order valence-corrected chi connectivity index (χ0v) is 25.1. The van der Waals surface area contributed by atoms with E-state index in [-0.39, 0.29) is 0 Å². The molecule has 45 heavy (non-hydrogen) atoms. The molecule has 0 bridgehead atoms. The molecule has 0 N–H and O–H groups in total. The van der Waals surface area contributed by atoms with Crippen molar-refractivity contribution in [1.29, 1.82) is 0 Å². The number of hydrogen-bond donors (Lipinski definition) is 0. The van der Waals surface area contributed by atoms with Gasteiger partial charge in [-0.3, -0.25) is 0 Å². The molecule has 2 nitrogen and oxygen atoms in total. The Balaban J connectivity index is 1.32. The number of anilines is 3. The molecule has 3 aromatic heterocycles. The monoisotopic (exact) mass is 590 g/mol. The van der Waals surface area contributed by atoms with Gasteiger partial charge >= 0.3 is 0 Å². The third-order valence-electron chi connectivity index (χ3n) is 9.28. The van der Waals surface area contributed by atoms with E-state index in [4.69, 9.17) is 0 Å². The lowest BCUT2D eigenvalue weighted by Gasteiger charge is -2.26. The molecule has 0 radical (unpaired) electrons. The first-order valence-corrected chi connectivity index (χ1v) is 16.2. The molecule has 0 saturated heterocycles. The van der Waals surface area contributed by atoms with Crippen LogP contribution in [0.4, 0.5) is 17.1 Å². The van der Waals surface area contributed by atoms with E-state index in [2.05, 4.69) is 167 Å². The Morgan fingerprint density at radius 3 is 1.78 bits per heavy atom. The van der Waals surface area contributed by atoms with Crippen molar-refractivity contribution in [2.24, 2.45) is 0 Å². The largest absolute Gasteiger partial charge is 0.310 e. The molecular formula is C42H26N2S. The van der Waals surface area contributed by atoms with Crippen LogP contribution in [-0.4, -0.2) is 4.40 Å². The number of nitrogens with zero attached hydrogens (tertiary/aromatic N) is 2. The van der Waals surface area contributed by atoms with E-state index in [1.165, 1.54) is 69.4 Å². The summed E-state index contributed by atoms with van der Waals surface area (Å²) in [5, 5.41) is 7.89. The van der Waals surface area contributed by atoms with Gasteiger partial charge in [-0.1, -0.05) is 103 Å². The van der Waals surface area contributed by atoms with Crippen LogP contribution in [0.25, 0.3) is 69.4 Å². The van der Waals surface area contributed by atoms with Crippen LogP contribution >= 0.6 is 11.3 Å². The first-order chi connectivity index (χ1) is 22.3. The summed E-state index contributed by atoms with van der Waals surface area (Å²) >= 11 is 1.93. The number of para-hydroxylation sites is 4. The van der Waals surface area contributed by atoms with Crippen molar-refractivity contribution in [3.8, 4) is 11.1 Å². The molecule has 10 aromatic rings. The van der Waals surface area contributed by atoms with Crippen molar-refractivity contribution in [2.75, 3.05) is 4.90 Å². The summed E-state index contributed by atoms with van der Waals surface area (Å²) in [6.07, 6.45) is 0. The maximum absolute atomic E-state index is 2.51. The molecule has 0 atom stereocenters. The molecule has 0 aliphatic heterocycles. The summed E-state index contributed by atoms with van der Waals surface area (Å²) in [7, 11) is 0. The molecule has 0 aliphatic carbocycles. The lowest BCUT2D eigenvalue weighted by atomic mass is 9.93. The van der Waals surface area contributed by atoms with Gasteiger partial charge in [-0.05, 0) is 76.5 Å². The predicted octanol–water partition coefficient (Wildman–Crippen LogP) is 12.3. The Hall–Kier alpha value is -5.64. The van der Waals surface area contributed by atoms with E-state index in [0.717, 1.165) is 17.1 Å². The summed E-state index contributed by atoms with van der Waals surface area (Å²) in [5.74, 6) is 0. The average Bonchev–Trinajstić information content (AvgIpc) is 3.59. The van der Waals surface area contributed by atoms with Crippen molar-refractivity contribution in [3.05, 3.63) is 158 Å². The molecular weight excluding hydrogens is 565 g/mol. The predicted molar refractivity (Wildman–Crippen MR) is 194 cm³/mol. The minimum absolute atomic E-state index is 1.14. The van der Waals surface area contributed by atoms with E-state index >= 15 is 0 Å². The number of fused-ring (bicyclic) bond motifs is 6. The molecule has 0 unspecified atom stereocenters. The van der Waals surface area contributed by atoms with Gasteiger partial charge in [-0.15, -0.1) is 11.3 Å². The first-order valence-electron chi connectivity index (χ1n) is 15.4. The molecule has 0 aliphatic rings. The van der Waals surface area contributed by atoms with Gasteiger partial charge < -0.3 is 9.30 Å². The second-order valence-corrected chi connectivity index (χ2v) is 12.8. The lowest BCUT2D eigenvalue weighted by molar-refractivity contribution is 1.28. The van der Waals surface area contributed by atoms with E-state index < -0.39 is 0 Å². The molecule has 3 heteroatoms. The molecule has 210 valence electrons. The van der Waals surface area contributed by atoms with Crippen LogP contribution in [0.5, 0.6) is 0 Å². The summed E-state index contributed by atoms with van der Waals surface area (Å²) in [6, 6.07) is 57.4. The van der Waals surface area contributed by atoms with Gasteiger partial charge in [0.15, 0.2) is 0 Å². The lowest BCUT2D eigenvalue weighted by Crippen LogP contribution is -2.09. The minimum Gasteiger partial charge on any atom is -0.310 e. The van der Waals surface area contributed by atoms with Crippen LogP contribution in [0.15, 0.2) is 158 Å². The maximum Gasteiger partial charge on any atom is 0.0734 e. The smallest absolute Gasteiger partial charge is 0.0734 e. The number of aromatic nitrogens is 1. The van der Waals surface area contributed by atoms with E-state index in [0.29, 0.717) is 0 Å². The second kappa shape index (κ2) is 9.43. The highest BCUT2D eigenvalue weighted by Gasteiger charge is 2.23. The Bertz CT molecular complexity index is 2660. The normalized spacial score (nSPS) is 12.0. The standard InChI is InChI=1S/C42H26N2S/c1-3-14-28(15-4-1)43(29-16-5-2-6-17-29)30-18-11-13-27(25-30)35-26-38-40-39-32(21-12-22-33(35)39)31-19-7-9-23-36(31)44-37-24-10-8-20-34(37)42(45-38)41(40)44/h1-26H. The Morgan fingerprint density at radius 2 is 1.02 bits per heavy atom. The summed E-state index contributed by atoms with van der Waals surface area (Å²) in [4.78, 5) is 2.34. The SMILES string of the molecule is c1ccc(N(c2ccccc2)c2cccc(-c3cc4sc5c6ccccc6n6c7ccccc7c7cccc3c7c4c56)c2)cc1. The van der Waals surface area contributed by atoms with Crippen LogP contribution in [0.3, 0.4) is 0 Å². The van der Waals surface area contributed by atoms with Gasteiger partial charge in [0.25, 0.3) is 0 Å². The Kier molecular flexibility index (Phi) is 5.19. The first kappa shape index (κ1) is 24.8. The average molecular weight is 591 g/mol. The molecule has 0 spiro atoms. The van der Waals surface area contributed by atoms with Crippen LogP contribution in [0.1, 0.15) is 0 Å². The quantitative estimate of drug-likeness (QED) is 0.198. The van der Waals surface area contributed by atoms with Gasteiger partial charge in [0, 0.05) is 43.3 Å². The number of rotatable bonds is 4. The fourth-order valence-electron chi connectivity index (χ4n) is 7.44. The molecule has 3 heterocycles. The van der Waals surface area contributed by atoms with E-state index in [1.807, 2.05) is 11.3 Å². The van der Waals surface area contributed by atoms with Gasteiger partial charge in [0.2, 0.25) is 0 Å². The van der Waals surface area contributed by atoms with E-state index in [1.54, 1.807) is 0 Å². The fraction of sp³-hybridized carbons (Fsp3) is 0. The molecule has 0 saturated carbocycles. The minimum atomic E-state index is 1.14. The topological polar surface area (TPSA) is 7.65 Å². The van der Waals surface area contributed by atoms with Gasteiger partial charge in [-0.2, -0.15) is 0 Å². The number of benzene rings is 7. The fourth-order valence-corrected chi connectivity index (χ4v) is 8.71. The number of thiophene rings is 1. The third-order valence-corrected chi connectivity index (χ3v) is 10.4. The summed E-state index contributed by atoms with van der Waals surface area (Å²) in [6.45, 7) is 0. The van der Waals surface area contributed by atoms with Gasteiger partial charge in [0.1, 0.15) is 0 Å². The molecule has 0 fully saturated rings. The summed E-state index contributed by atoms with van der Waals surface area (Å²) < 4.78 is 5.20. The zero-order valence-electron chi connectivity index (χ0n) is 24.3. The highest BCUT2D eigenvalue weighted by Crippen LogP contribution is 2.49. The Labute approximate surface area is 264 Å². The zero-order chi connectivity index (χ0) is 29.5. The van der Waals surface area contributed by atoms with Crippen LogP contribution < -0.4 is 4.90 Å². The van der Waals surface area contributed by atoms with Gasteiger partial charge in [-0.25, -0.2) is 0 Å². The Morgan fingerprint density at radius 1 is 0.444 bits per heavy atom. The van der Waals surface area contributed by atoms with E-state index in [9.17, 15) is 0 Å². The van der Waals surface area contributed by atoms with Crippen molar-refractivity contribution < 1.29 is 0 Å². The van der Waals surface area contributed by atoms with Crippen LogP contribution in [0.2, 0.25) is 0 Å². The van der Waals surface area contributed by atoms with Gasteiger partial charge in [0.05, 0.1) is 21.3 Å². The molecule has 10 rings (SSSR count). The third kappa shape index (κ3) is 3.50. The maximum atomic E-state index is 2.51. The van der Waals surface area contributed by atoms with Crippen LogP contribution in [0, 0.1) is 0 Å². The molecule has 0 amide bonds. The van der Waals surface area contributed by atoms with Crippen molar-refractivity contribution in [3.63, 3.8) is 0 Å². The molecule has 7 aromatic carbocycles. The number of hydrogen-bond acceptors (Lipinski definition) is 2. The highest BCUT2D eigenvalue weighted by atomic mass is 32.1. The second-order valence-electron chi connectivity index (χ2n) is 11.7. The van der Waals surface area contributed by atoms with Crippen molar-refractivity contribution in [1.82, 2.24) is 4.40 Å². The van der Waals surface area contributed by atoms with Crippen LogP contribution in [-0.2, 0) is 0 Å². The summed E-state index contributed by atoms with van der Waals surface area (Å²) in [5.41, 5.74) is 9.74.